The van der Waals surface area contributed by atoms with E-state index in [4.69, 9.17) is 19.0 Å². The van der Waals surface area contributed by atoms with Gasteiger partial charge in [0.05, 0.1) is 18.3 Å². The second-order valence-electron chi connectivity index (χ2n) is 7.87. The largest absolute Gasteiger partial charge is 0.494 e. The minimum Gasteiger partial charge on any atom is -0.494 e. The van der Waals surface area contributed by atoms with Crippen molar-refractivity contribution in [2.45, 2.75) is 77.7 Å². The van der Waals surface area contributed by atoms with E-state index in [-0.39, 0.29) is 0 Å². The van der Waals surface area contributed by atoms with Gasteiger partial charge < -0.3 is 14.0 Å². The molecule has 5 nitrogen and oxygen atoms in total. The molecule has 0 aliphatic carbocycles. The van der Waals surface area contributed by atoms with E-state index in [1.54, 1.807) is 0 Å². The summed E-state index contributed by atoms with van der Waals surface area (Å²) in [5, 5.41) is 3.92. The summed E-state index contributed by atoms with van der Waals surface area (Å²) in [7, 11) is 0. The van der Waals surface area contributed by atoms with Gasteiger partial charge in [-0.1, -0.05) is 44.2 Å². The maximum absolute atomic E-state index is 5.87. The summed E-state index contributed by atoms with van der Waals surface area (Å²) in [5.74, 6) is 2.69. The Morgan fingerprint density at radius 3 is 2.59 bits per heavy atom. The Morgan fingerprint density at radius 1 is 1.03 bits per heavy atom. The molecule has 3 rings (SSSR count). The lowest BCUT2D eigenvalue weighted by Gasteiger charge is -2.07. The zero-order chi connectivity index (χ0) is 20.3. The van der Waals surface area contributed by atoms with Crippen LogP contribution in [0.4, 0.5) is 0 Å². The molecule has 29 heavy (non-hydrogen) atoms. The van der Waals surface area contributed by atoms with Crippen molar-refractivity contribution in [2.75, 3.05) is 13.2 Å². The van der Waals surface area contributed by atoms with Crippen LogP contribution in [0.1, 0.15) is 75.3 Å². The topological polar surface area (TPSA) is 56.9 Å². The number of hydrogen-bond donors (Lipinski definition) is 0. The van der Waals surface area contributed by atoms with Gasteiger partial charge in [0.1, 0.15) is 18.1 Å². The van der Waals surface area contributed by atoms with Crippen molar-refractivity contribution >= 4 is 5.90 Å². The third-order valence-corrected chi connectivity index (χ3v) is 5.22. The minimum absolute atomic E-state index is 0.320. The number of ether oxygens (including phenoxy) is 2. The van der Waals surface area contributed by atoms with Crippen LogP contribution in [0.25, 0.3) is 0 Å². The van der Waals surface area contributed by atoms with Crippen LogP contribution in [-0.2, 0) is 11.2 Å². The molecule has 2 heterocycles. The highest BCUT2D eigenvalue weighted by Gasteiger charge is 2.19. The van der Waals surface area contributed by atoms with Gasteiger partial charge in [0.25, 0.3) is 0 Å². The van der Waals surface area contributed by atoms with Crippen molar-refractivity contribution in [3.8, 4) is 5.75 Å². The van der Waals surface area contributed by atoms with E-state index in [1.165, 1.54) is 32.1 Å². The third kappa shape index (κ3) is 7.22. The summed E-state index contributed by atoms with van der Waals surface area (Å²) in [5.41, 5.74) is 2.00. The van der Waals surface area contributed by atoms with Crippen LogP contribution in [0.15, 0.2) is 39.8 Å². The molecular weight excluding hydrogens is 364 g/mol. The third-order valence-electron chi connectivity index (χ3n) is 5.22. The second kappa shape index (κ2) is 11.6. The number of hydrogen-bond acceptors (Lipinski definition) is 5. The number of aryl methyl sites for hydroxylation is 2. The van der Waals surface area contributed by atoms with Crippen LogP contribution in [-0.4, -0.2) is 30.3 Å². The highest BCUT2D eigenvalue weighted by Crippen LogP contribution is 2.19. The van der Waals surface area contributed by atoms with Crippen LogP contribution in [0, 0.1) is 6.92 Å². The van der Waals surface area contributed by atoms with Gasteiger partial charge in [0, 0.05) is 18.1 Å². The molecule has 1 aliphatic heterocycles. The standard InChI is InChI=1S/C24H34N2O3/c1-3-4-10-21-18-28-24(25-21)20-12-14-22(15-13-20)27-16-9-7-5-6-8-11-23-17-19(2)26-29-23/h12-15,17,21H,3-11,16,18H2,1-2H3/t21-/m0/s1. The Balaban J connectivity index is 1.27. The number of rotatable bonds is 13. The summed E-state index contributed by atoms with van der Waals surface area (Å²) in [6.45, 7) is 5.64. The van der Waals surface area contributed by atoms with Crippen LogP contribution < -0.4 is 4.74 Å². The molecular formula is C24H34N2O3. The Hall–Kier alpha value is -2.30. The maximum Gasteiger partial charge on any atom is 0.216 e. The molecule has 1 aromatic carbocycles. The molecule has 0 bridgehead atoms. The van der Waals surface area contributed by atoms with Gasteiger partial charge in [-0.3, -0.25) is 0 Å². The number of aromatic nitrogens is 1. The number of nitrogens with zero attached hydrogens (tertiary/aromatic N) is 2. The lowest BCUT2D eigenvalue weighted by atomic mass is 10.1. The van der Waals surface area contributed by atoms with Crippen molar-refractivity contribution in [2.24, 2.45) is 4.99 Å². The first-order valence-electron chi connectivity index (χ1n) is 11.1. The monoisotopic (exact) mass is 398 g/mol. The Bertz CT molecular complexity index is 752. The SMILES string of the molecule is CCCC[C@H]1COC(c2ccc(OCCCCCCCc3cc(C)no3)cc2)=N1. The fourth-order valence-corrected chi connectivity index (χ4v) is 3.51. The van der Waals surface area contributed by atoms with E-state index in [9.17, 15) is 0 Å². The molecule has 0 spiro atoms. The maximum atomic E-state index is 5.87. The lowest BCUT2D eigenvalue weighted by molar-refractivity contribution is 0.303. The molecule has 2 aromatic rings. The molecule has 0 unspecified atom stereocenters. The van der Waals surface area contributed by atoms with Crippen LogP contribution in [0.2, 0.25) is 0 Å². The quantitative estimate of drug-likeness (QED) is 0.395. The molecule has 0 fully saturated rings. The second-order valence-corrected chi connectivity index (χ2v) is 7.87. The van der Waals surface area contributed by atoms with Crippen LogP contribution >= 0.6 is 0 Å². The number of benzene rings is 1. The molecule has 1 aromatic heterocycles. The number of unbranched alkanes of at least 4 members (excludes halogenated alkanes) is 5. The average molecular weight is 399 g/mol. The number of aliphatic imine (C=N–C) groups is 1. The van der Waals surface area contributed by atoms with Gasteiger partial charge in [-0.05, 0) is 50.5 Å². The zero-order valence-electron chi connectivity index (χ0n) is 17.9. The first kappa shape index (κ1) is 21.4. The lowest BCUT2D eigenvalue weighted by Crippen LogP contribution is -2.05. The van der Waals surface area contributed by atoms with Crippen molar-refractivity contribution in [3.05, 3.63) is 47.3 Å². The van der Waals surface area contributed by atoms with Crippen molar-refractivity contribution in [1.29, 1.82) is 0 Å². The molecule has 158 valence electrons. The molecule has 1 aliphatic rings. The fourth-order valence-electron chi connectivity index (χ4n) is 3.51. The summed E-state index contributed by atoms with van der Waals surface area (Å²) in [6.07, 6.45) is 10.4. The molecule has 1 atom stereocenters. The minimum atomic E-state index is 0.320. The summed E-state index contributed by atoms with van der Waals surface area (Å²) < 4.78 is 16.9. The van der Waals surface area contributed by atoms with Gasteiger partial charge in [-0.2, -0.15) is 0 Å². The van der Waals surface area contributed by atoms with E-state index in [1.807, 2.05) is 37.3 Å². The van der Waals surface area contributed by atoms with Gasteiger partial charge in [0.15, 0.2) is 0 Å². The summed E-state index contributed by atoms with van der Waals surface area (Å²) in [6, 6.07) is 10.5. The van der Waals surface area contributed by atoms with Crippen molar-refractivity contribution < 1.29 is 14.0 Å². The zero-order valence-corrected chi connectivity index (χ0v) is 17.9. The average Bonchev–Trinajstić information content (AvgIpc) is 3.38. The van der Waals surface area contributed by atoms with E-state index >= 15 is 0 Å². The highest BCUT2D eigenvalue weighted by atomic mass is 16.5. The smallest absolute Gasteiger partial charge is 0.216 e. The summed E-state index contributed by atoms with van der Waals surface area (Å²) >= 11 is 0. The van der Waals surface area contributed by atoms with Gasteiger partial charge in [-0.15, -0.1) is 0 Å². The molecule has 0 N–H and O–H groups in total. The van der Waals surface area contributed by atoms with E-state index in [0.717, 1.165) is 61.0 Å². The molecule has 0 radical (unpaired) electrons. The fraction of sp³-hybridized carbons (Fsp3) is 0.583. The van der Waals surface area contributed by atoms with E-state index in [2.05, 4.69) is 12.1 Å². The summed E-state index contributed by atoms with van der Waals surface area (Å²) in [4.78, 5) is 4.70. The van der Waals surface area contributed by atoms with Crippen LogP contribution in [0.5, 0.6) is 5.75 Å². The first-order valence-corrected chi connectivity index (χ1v) is 11.1. The Morgan fingerprint density at radius 2 is 1.83 bits per heavy atom. The predicted octanol–water partition coefficient (Wildman–Crippen LogP) is 5.89. The normalized spacial score (nSPS) is 15.9. The highest BCUT2D eigenvalue weighted by molar-refractivity contribution is 5.95. The first-order chi connectivity index (χ1) is 14.2. The van der Waals surface area contributed by atoms with Crippen LogP contribution in [0.3, 0.4) is 0 Å². The van der Waals surface area contributed by atoms with E-state index < -0.39 is 0 Å². The van der Waals surface area contributed by atoms with Crippen molar-refractivity contribution in [1.82, 2.24) is 5.16 Å². The Kier molecular flexibility index (Phi) is 8.59. The molecule has 5 heteroatoms. The van der Waals surface area contributed by atoms with Crippen molar-refractivity contribution in [3.63, 3.8) is 0 Å². The molecule has 0 saturated heterocycles. The van der Waals surface area contributed by atoms with Gasteiger partial charge in [0.2, 0.25) is 5.90 Å². The molecule has 0 amide bonds. The Labute approximate surface area is 174 Å². The van der Waals surface area contributed by atoms with Gasteiger partial charge >= 0.3 is 0 Å². The van der Waals surface area contributed by atoms with E-state index in [0.29, 0.717) is 12.6 Å². The predicted molar refractivity (Wildman–Crippen MR) is 116 cm³/mol. The van der Waals surface area contributed by atoms with Gasteiger partial charge in [-0.25, -0.2) is 4.99 Å². The molecule has 0 saturated carbocycles.